The van der Waals surface area contributed by atoms with E-state index in [9.17, 15) is 0 Å². The zero-order valence-electron chi connectivity index (χ0n) is 8.87. The third-order valence-electron chi connectivity index (χ3n) is 2.62. The molecule has 0 bridgehead atoms. The number of aryl methyl sites for hydroxylation is 1. The highest BCUT2D eigenvalue weighted by Gasteiger charge is 2.15. The number of hydrogen-bond donors (Lipinski definition) is 0. The van der Waals surface area contributed by atoms with Gasteiger partial charge in [0.15, 0.2) is 0 Å². The molecule has 4 heteroatoms. The molecule has 1 saturated carbocycles. The van der Waals surface area contributed by atoms with E-state index in [1.54, 1.807) is 6.07 Å². The van der Waals surface area contributed by atoms with Crippen molar-refractivity contribution in [1.29, 1.82) is 0 Å². The lowest BCUT2D eigenvalue weighted by Gasteiger charge is -2.22. The van der Waals surface area contributed by atoms with Crippen LogP contribution in [0.15, 0.2) is 6.07 Å². The van der Waals surface area contributed by atoms with Crippen LogP contribution in [0.4, 0.5) is 0 Å². The van der Waals surface area contributed by atoms with Crippen LogP contribution >= 0.6 is 11.6 Å². The van der Waals surface area contributed by atoms with Gasteiger partial charge in [-0.1, -0.05) is 18.0 Å². The molecule has 2 rings (SSSR count). The molecule has 0 unspecified atom stereocenters. The molecule has 82 valence electrons. The molecule has 1 fully saturated rings. The zero-order valence-corrected chi connectivity index (χ0v) is 9.63. The molecule has 15 heavy (non-hydrogen) atoms. The first kappa shape index (κ1) is 10.7. The van der Waals surface area contributed by atoms with Gasteiger partial charge in [0.1, 0.15) is 17.1 Å². The maximum Gasteiger partial charge on any atom is 0.218 e. The Labute approximate surface area is 94.8 Å². The highest BCUT2D eigenvalue weighted by atomic mass is 35.5. The second kappa shape index (κ2) is 4.79. The minimum Gasteiger partial charge on any atom is -0.474 e. The Kier molecular flexibility index (Phi) is 3.41. The van der Waals surface area contributed by atoms with E-state index in [2.05, 4.69) is 9.97 Å². The summed E-state index contributed by atoms with van der Waals surface area (Å²) in [4.78, 5) is 8.21. The molecule has 1 aromatic rings. The van der Waals surface area contributed by atoms with Gasteiger partial charge >= 0.3 is 0 Å². The molecule has 0 aliphatic heterocycles. The Morgan fingerprint density at radius 3 is 2.67 bits per heavy atom. The van der Waals surface area contributed by atoms with Gasteiger partial charge in [0.05, 0.1) is 0 Å². The van der Waals surface area contributed by atoms with Gasteiger partial charge in [-0.15, -0.1) is 0 Å². The Bertz CT molecular complexity index is 317. The number of aromatic nitrogens is 2. The molecule has 1 aromatic heterocycles. The van der Waals surface area contributed by atoms with Gasteiger partial charge in [0, 0.05) is 6.07 Å². The molecule has 0 N–H and O–H groups in total. The van der Waals surface area contributed by atoms with E-state index >= 15 is 0 Å². The van der Waals surface area contributed by atoms with Crippen LogP contribution in [0.5, 0.6) is 5.88 Å². The SMILES string of the molecule is Cc1nc(Cl)cc(OC2CCCCC2)n1. The number of rotatable bonds is 2. The average molecular weight is 227 g/mol. The van der Waals surface area contributed by atoms with E-state index in [1.165, 1.54) is 19.3 Å². The van der Waals surface area contributed by atoms with Crippen molar-refractivity contribution >= 4 is 11.6 Å². The van der Waals surface area contributed by atoms with Crippen LogP contribution in [0.1, 0.15) is 37.9 Å². The van der Waals surface area contributed by atoms with E-state index in [0.29, 0.717) is 23.0 Å². The van der Waals surface area contributed by atoms with E-state index in [1.807, 2.05) is 6.92 Å². The van der Waals surface area contributed by atoms with Crippen molar-refractivity contribution in [2.75, 3.05) is 0 Å². The molecule has 0 atom stereocenters. The summed E-state index contributed by atoms with van der Waals surface area (Å²) in [5, 5.41) is 0.452. The molecule has 1 heterocycles. The third kappa shape index (κ3) is 3.06. The lowest BCUT2D eigenvalue weighted by molar-refractivity contribution is 0.148. The number of halogens is 1. The van der Waals surface area contributed by atoms with Gasteiger partial charge in [-0.2, -0.15) is 4.98 Å². The van der Waals surface area contributed by atoms with Gasteiger partial charge in [0.2, 0.25) is 5.88 Å². The molecule has 1 aliphatic rings. The molecule has 0 spiro atoms. The van der Waals surface area contributed by atoms with Crippen LogP contribution in [0.3, 0.4) is 0 Å². The summed E-state index contributed by atoms with van der Waals surface area (Å²) in [7, 11) is 0. The summed E-state index contributed by atoms with van der Waals surface area (Å²) in [6, 6.07) is 1.68. The molecule has 1 aliphatic carbocycles. The standard InChI is InChI=1S/C11H15ClN2O/c1-8-13-10(12)7-11(14-8)15-9-5-3-2-4-6-9/h7,9H,2-6H2,1H3. The second-order valence-corrected chi connectivity index (χ2v) is 4.34. The first-order valence-corrected chi connectivity index (χ1v) is 5.80. The molecule has 3 nitrogen and oxygen atoms in total. The second-order valence-electron chi connectivity index (χ2n) is 3.95. The van der Waals surface area contributed by atoms with Crippen molar-refractivity contribution in [2.45, 2.75) is 45.1 Å². The van der Waals surface area contributed by atoms with Crippen molar-refractivity contribution in [2.24, 2.45) is 0 Å². The monoisotopic (exact) mass is 226 g/mol. The van der Waals surface area contributed by atoms with Crippen LogP contribution < -0.4 is 4.74 Å². The summed E-state index contributed by atoms with van der Waals surface area (Å²) in [6.07, 6.45) is 6.39. The normalized spacial score (nSPS) is 17.7. The largest absolute Gasteiger partial charge is 0.474 e. The van der Waals surface area contributed by atoms with Crippen molar-refractivity contribution in [3.8, 4) is 5.88 Å². The fraction of sp³-hybridized carbons (Fsp3) is 0.636. The number of ether oxygens (including phenoxy) is 1. The summed E-state index contributed by atoms with van der Waals surface area (Å²) in [5.74, 6) is 1.27. The maximum atomic E-state index is 5.84. The molecule has 0 amide bonds. The molecular weight excluding hydrogens is 212 g/mol. The Morgan fingerprint density at radius 1 is 1.27 bits per heavy atom. The maximum absolute atomic E-state index is 5.84. The van der Waals surface area contributed by atoms with Gasteiger partial charge in [0.25, 0.3) is 0 Å². The molecular formula is C11H15ClN2O. The molecule has 0 aromatic carbocycles. The van der Waals surface area contributed by atoms with Crippen molar-refractivity contribution < 1.29 is 4.74 Å². The summed E-state index contributed by atoms with van der Waals surface area (Å²) < 4.78 is 5.78. The Morgan fingerprint density at radius 2 is 2.00 bits per heavy atom. The van der Waals surface area contributed by atoms with Crippen LogP contribution in [-0.2, 0) is 0 Å². The third-order valence-corrected chi connectivity index (χ3v) is 2.82. The van der Waals surface area contributed by atoms with Gasteiger partial charge in [-0.25, -0.2) is 4.98 Å². The van der Waals surface area contributed by atoms with E-state index in [-0.39, 0.29) is 0 Å². The average Bonchev–Trinajstić information content (AvgIpc) is 2.17. The summed E-state index contributed by atoms with van der Waals surface area (Å²) >= 11 is 5.84. The summed E-state index contributed by atoms with van der Waals surface area (Å²) in [5.41, 5.74) is 0. The molecule has 0 saturated heterocycles. The molecule has 0 radical (unpaired) electrons. The van der Waals surface area contributed by atoms with Crippen LogP contribution in [-0.4, -0.2) is 16.1 Å². The van der Waals surface area contributed by atoms with Crippen molar-refractivity contribution in [3.63, 3.8) is 0 Å². The topological polar surface area (TPSA) is 35.0 Å². The lowest BCUT2D eigenvalue weighted by Crippen LogP contribution is -2.20. The van der Waals surface area contributed by atoms with Crippen molar-refractivity contribution in [1.82, 2.24) is 9.97 Å². The first-order chi connectivity index (χ1) is 7.24. The van der Waals surface area contributed by atoms with Crippen molar-refractivity contribution in [3.05, 3.63) is 17.0 Å². The smallest absolute Gasteiger partial charge is 0.218 e. The predicted molar refractivity (Wildman–Crippen MR) is 59.3 cm³/mol. The summed E-state index contributed by atoms with van der Waals surface area (Å²) in [6.45, 7) is 1.82. The van der Waals surface area contributed by atoms with E-state index in [0.717, 1.165) is 12.8 Å². The van der Waals surface area contributed by atoms with Gasteiger partial charge in [-0.3, -0.25) is 0 Å². The predicted octanol–water partition coefficient (Wildman–Crippen LogP) is 3.15. The lowest BCUT2D eigenvalue weighted by atomic mass is 9.98. The quantitative estimate of drug-likeness (QED) is 0.727. The number of nitrogens with zero attached hydrogens (tertiary/aromatic N) is 2. The fourth-order valence-electron chi connectivity index (χ4n) is 1.92. The van der Waals surface area contributed by atoms with Crippen LogP contribution in [0.25, 0.3) is 0 Å². The van der Waals surface area contributed by atoms with E-state index < -0.39 is 0 Å². The van der Waals surface area contributed by atoms with E-state index in [4.69, 9.17) is 16.3 Å². The minimum atomic E-state index is 0.309. The highest BCUT2D eigenvalue weighted by Crippen LogP contribution is 2.23. The van der Waals surface area contributed by atoms with Gasteiger partial charge in [-0.05, 0) is 32.6 Å². The first-order valence-electron chi connectivity index (χ1n) is 5.42. The van der Waals surface area contributed by atoms with Crippen LogP contribution in [0.2, 0.25) is 5.15 Å². The number of hydrogen-bond acceptors (Lipinski definition) is 3. The zero-order chi connectivity index (χ0) is 10.7. The minimum absolute atomic E-state index is 0.309. The Hall–Kier alpha value is -0.830. The van der Waals surface area contributed by atoms with Gasteiger partial charge < -0.3 is 4.74 Å². The highest BCUT2D eigenvalue weighted by molar-refractivity contribution is 6.29. The fourth-order valence-corrected chi connectivity index (χ4v) is 2.14. The Balaban J connectivity index is 2.02. The van der Waals surface area contributed by atoms with Crippen LogP contribution in [0, 0.1) is 6.92 Å².